The van der Waals surface area contributed by atoms with E-state index in [0.717, 1.165) is 31.2 Å². The van der Waals surface area contributed by atoms with Gasteiger partial charge in [-0.05, 0) is 12.1 Å². The molecule has 0 N–H and O–H groups in total. The van der Waals surface area contributed by atoms with Gasteiger partial charge in [-0.25, -0.2) is 6.57 Å². The fraction of sp³-hybridized carbons (Fsp3) is 0.571. The predicted molar refractivity (Wildman–Crippen MR) is 65.6 cm³/mol. The van der Waals surface area contributed by atoms with E-state index in [2.05, 4.69) is 9.83 Å². The summed E-state index contributed by atoms with van der Waals surface area (Å²) in [5.74, 6) is -0.406. The molecule has 4 heteroatoms. The Labute approximate surface area is 107 Å². The van der Waals surface area contributed by atoms with Crippen LogP contribution in [0.2, 0.25) is 0 Å². The molecule has 1 aromatic heterocycles. The van der Waals surface area contributed by atoms with Gasteiger partial charge < -0.3 is 14.3 Å². The van der Waals surface area contributed by atoms with Crippen molar-refractivity contribution < 1.29 is 9.47 Å². The quantitative estimate of drug-likeness (QED) is 0.712. The molecule has 2 heterocycles. The van der Waals surface area contributed by atoms with E-state index < -0.39 is 11.3 Å². The standard InChI is InChI=1S/C14H16N2O2/c1-15-13(12-3-2-8-16-11-12)4-6-14(7-5-13)17-9-10-18-14/h2-3,8,11H,4-7,9-10H2. The number of nitrogens with zero attached hydrogens (tertiary/aromatic N) is 2. The van der Waals surface area contributed by atoms with Crippen LogP contribution >= 0.6 is 0 Å². The molecule has 1 spiro atoms. The third kappa shape index (κ3) is 1.80. The molecule has 0 radical (unpaired) electrons. The van der Waals surface area contributed by atoms with Crippen molar-refractivity contribution >= 4 is 0 Å². The monoisotopic (exact) mass is 244 g/mol. The van der Waals surface area contributed by atoms with E-state index in [4.69, 9.17) is 16.0 Å². The van der Waals surface area contributed by atoms with Crippen LogP contribution in [0.25, 0.3) is 4.85 Å². The van der Waals surface area contributed by atoms with Crippen molar-refractivity contribution in [3.63, 3.8) is 0 Å². The zero-order chi connectivity index (χ0) is 12.5. The van der Waals surface area contributed by atoms with E-state index in [1.807, 2.05) is 18.3 Å². The number of aromatic nitrogens is 1. The molecule has 1 aromatic rings. The van der Waals surface area contributed by atoms with E-state index in [-0.39, 0.29) is 0 Å². The second-order valence-corrected chi connectivity index (χ2v) is 4.99. The van der Waals surface area contributed by atoms with Crippen molar-refractivity contribution in [2.24, 2.45) is 0 Å². The minimum Gasteiger partial charge on any atom is -0.348 e. The van der Waals surface area contributed by atoms with Gasteiger partial charge in [-0.15, -0.1) is 0 Å². The van der Waals surface area contributed by atoms with Gasteiger partial charge in [0.1, 0.15) is 0 Å². The molecule has 0 aromatic carbocycles. The van der Waals surface area contributed by atoms with Crippen LogP contribution in [-0.4, -0.2) is 24.0 Å². The summed E-state index contributed by atoms with van der Waals surface area (Å²) < 4.78 is 11.4. The third-order valence-electron chi connectivity index (χ3n) is 4.07. The van der Waals surface area contributed by atoms with Gasteiger partial charge in [-0.3, -0.25) is 4.98 Å². The highest BCUT2D eigenvalue weighted by molar-refractivity contribution is 5.26. The summed E-state index contributed by atoms with van der Waals surface area (Å²) in [5.41, 5.74) is 0.585. The first-order valence-corrected chi connectivity index (χ1v) is 6.36. The van der Waals surface area contributed by atoms with Crippen molar-refractivity contribution in [3.8, 4) is 0 Å². The van der Waals surface area contributed by atoms with Gasteiger partial charge in [0.15, 0.2) is 5.79 Å². The normalized spacial score (nSPS) is 24.8. The van der Waals surface area contributed by atoms with Gasteiger partial charge in [0, 0.05) is 38.1 Å². The molecule has 2 fully saturated rings. The van der Waals surface area contributed by atoms with Crippen LogP contribution in [0, 0.1) is 6.57 Å². The van der Waals surface area contributed by atoms with Crippen molar-refractivity contribution in [3.05, 3.63) is 41.5 Å². The molecule has 18 heavy (non-hydrogen) atoms. The second kappa shape index (κ2) is 4.34. The fourth-order valence-corrected chi connectivity index (χ4v) is 2.93. The van der Waals surface area contributed by atoms with Crippen molar-refractivity contribution in [1.82, 2.24) is 4.98 Å². The zero-order valence-corrected chi connectivity index (χ0v) is 10.3. The summed E-state index contributed by atoms with van der Waals surface area (Å²) in [6, 6.07) is 3.90. The van der Waals surface area contributed by atoms with E-state index in [0.29, 0.717) is 13.2 Å². The molecule has 94 valence electrons. The van der Waals surface area contributed by atoms with Gasteiger partial charge in [0.2, 0.25) is 0 Å². The van der Waals surface area contributed by atoms with E-state index in [1.165, 1.54) is 0 Å². The van der Waals surface area contributed by atoms with Gasteiger partial charge in [0.05, 0.1) is 18.8 Å². The number of rotatable bonds is 1. The molecule has 1 saturated heterocycles. The topological polar surface area (TPSA) is 35.7 Å². The Morgan fingerprint density at radius 2 is 1.89 bits per heavy atom. The number of pyridine rings is 1. The van der Waals surface area contributed by atoms with Gasteiger partial charge in [-0.2, -0.15) is 0 Å². The Balaban J connectivity index is 1.82. The maximum absolute atomic E-state index is 7.56. The molecule has 4 nitrogen and oxygen atoms in total. The number of ether oxygens (including phenoxy) is 2. The third-order valence-corrected chi connectivity index (χ3v) is 4.07. The van der Waals surface area contributed by atoms with Crippen LogP contribution < -0.4 is 0 Å². The summed E-state index contributed by atoms with van der Waals surface area (Å²) >= 11 is 0. The minimum absolute atomic E-state index is 0.406. The Bertz CT molecular complexity index is 450. The maximum atomic E-state index is 7.56. The molecule has 1 saturated carbocycles. The predicted octanol–water partition coefficient (Wildman–Crippen LogP) is 2.51. The highest BCUT2D eigenvalue weighted by atomic mass is 16.7. The number of hydrogen-bond acceptors (Lipinski definition) is 3. The molecule has 0 atom stereocenters. The van der Waals surface area contributed by atoms with Crippen LogP contribution in [0.1, 0.15) is 31.2 Å². The highest BCUT2D eigenvalue weighted by Crippen LogP contribution is 2.46. The lowest BCUT2D eigenvalue weighted by molar-refractivity contribution is -0.182. The first-order valence-electron chi connectivity index (χ1n) is 6.36. The second-order valence-electron chi connectivity index (χ2n) is 4.99. The smallest absolute Gasteiger partial charge is 0.259 e. The van der Waals surface area contributed by atoms with Crippen LogP contribution in [0.5, 0.6) is 0 Å². The van der Waals surface area contributed by atoms with Gasteiger partial charge in [-0.1, -0.05) is 0 Å². The average Bonchev–Trinajstić information content (AvgIpc) is 2.90. The van der Waals surface area contributed by atoms with Crippen molar-refractivity contribution in [2.75, 3.05) is 13.2 Å². The lowest BCUT2D eigenvalue weighted by Gasteiger charge is -2.36. The maximum Gasteiger partial charge on any atom is 0.259 e. The summed E-state index contributed by atoms with van der Waals surface area (Å²) in [7, 11) is 0. The molecule has 0 amide bonds. The molecule has 0 unspecified atom stereocenters. The molecule has 0 bridgehead atoms. The highest BCUT2D eigenvalue weighted by Gasteiger charge is 2.51. The summed E-state index contributed by atoms with van der Waals surface area (Å²) in [6.07, 6.45) is 6.71. The summed E-state index contributed by atoms with van der Waals surface area (Å²) in [6.45, 7) is 8.91. The van der Waals surface area contributed by atoms with E-state index >= 15 is 0 Å². The van der Waals surface area contributed by atoms with Crippen LogP contribution in [-0.2, 0) is 15.0 Å². The van der Waals surface area contributed by atoms with Gasteiger partial charge >= 0.3 is 0 Å². The summed E-state index contributed by atoms with van der Waals surface area (Å²) in [4.78, 5) is 8.04. The molecule has 3 rings (SSSR count). The Kier molecular flexibility index (Phi) is 2.81. The van der Waals surface area contributed by atoms with Crippen LogP contribution in [0.15, 0.2) is 24.5 Å². The lowest BCUT2D eigenvalue weighted by Crippen LogP contribution is -2.40. The zero-order valence-electron chi connectivity index (χ0n) is 10.3. The van der Waals surface area contributed by atoms with Gasteiger partial charge in [0.25, 0.3) is 5.54 Å². The molecule has 1 aliphatic carbocycles. The first-order chi connectivity index (χ1) is 8.79. The van der Waals surface area contributed by atoms with E-state index in [9.17, 15) is 0 Å². The molecular weight excluding hydrogens is 228 g/mol. The largest absolute Gasteiger partial charge is 0.348 e. The van der Waals surface area contributed by atoms with Crippen LogP contribution in [0.3, 0.4) is 0 Å². The molecule has 2 aliphatic rings. The number of hydrogen-bond donors (Lipinski definition) is 0. The van der Waals surface area contributed by atoms with Crippen molar-refractivity contribution in [2.45, 2.75) is 37.0 Å². The van der Waals surface area contributed by atoms with Crippen LogP contribution in [0.4, 0.5) is 0 Å². The summed E-state index contributed by atoms with van der Waals surface area (Å²) in [5, 5.41) is 0. The average molecular weight is 244 g/mol. The fourth-order valence-electron chi connectivity index (χ4n) is 2.93. The first kappa shape index (κ1) is 11.6. The SMILES string of the molecule is [C-]#[N+]C1(c2cccnc2)CCC2(CC1)OCCO2. The molecule has 1 aliphatic heterocycles. The Morgan fingerprint density at radius 1 is 1.17 bits per heavy atom. The molecular formula is C14H16N2O2. The Hall–Kier alpha value is -1.44. The Morgan fingerprint density at radius 3 is 2.44 bits per heavy atom. The minimum atomic E-state index is -0.436. The lowest BCUT2D eigenvalue weighted by atomic mass is 9.75. The van der Waals surface area contributed by atoms with Crippen molar-refractivity contribution in [1.29, 1.82) is 0 Å². The van der Waals surface area contributed by atoms with E-state index in [1.54, 1.807) is 6.20 Å².